The van der Waals surface area contributed by atoms with Crippen molar-refractivity contribution in [3.63, 3.8) is 0 Å². The summed E-state index contributed by atoms with van der Waals surface area (Å²) in [5.41, 5.74) is 36.4. The summed E-state index contributed by atoms with van der Waals surface area (Å²) in [7, 11) is 0. The molecule has 114 heavy (non-hydrogen) atoms. The van der Waals surface area contributed by atoms with Crippen molar-refractivity contribution in [2.75, 3.05) is 9.80 Å². The van der Waals surface area contributed by atoms with Crippen molar-refractivity contribution in [1.29, 1.82) is 0 Å². The molecule has 0 spiro atoms. The van der Waals surface area contributed by atoms with Crippen LogP contribution in [0.4, 0.5) is 34.1 Å². The van der Waals surface area contributed by atoms with Gasteiger partial charge in [-0.1, -0.05) is 388 Å². The first kappa shape index (κ1) is 69.5. The highest BCUT2D eigenvalue weighted by molar-refractivity contribution is 6.01. The Balaban J connectivity index is 0.693. The quantitative estimate of drug-likeness (QED) is 0.0796. The molecule has 0 fully saturated rings. The van der Waals surface area contributed by atoms with Gasteiger partial charge >= 0.3 is 0 Å². The second-order valence-electron chi connectivity index (χ2n) is 29.0. The van der Waals surface area contributed by atoms with Crippen LogP contribution in [0.3, 0.4) is 0 Å². The lowest BCUT2D eigenvalue weighted by atomic mass is 9.86. The molecule has 0 N–H and O–H groups in total. The average molecular weight is 1450 g/mol. The molecule has 0 aliphatic rings. The molecule has 0 aliphatic carbocycles. The van der Waals surface area contributed by atoms with Crippen LogP contribution < -0.4 is 9.80 Å². The standard InChI is InChI=1S/C112H78N2/c1-8-30-79(31-9-1)93-49-26-51-100(76-93)113(97-66-58-85(59-67-97)102-53-27-45-81-40-22-23-52-101(81)102)98-68-60-86(61-69-98)105-56-29-57-106(112(105)89-43-20-7-21-44-89)96-50-25-48-92(75-96)90-46-24-47-91(74-90)95-65-73-110(108(78-95)84-38-16-5-17-39-84)114(109-72-64-94(80-32-10-2-11-33-80)77-107(109)83-36-14-4-15-37-83)99-70-62-87(63-71-99)104-55-28-54-103(82-34-12-3-13-35-82)111(104)88-41-18-6-19-42-88/h1-78H. The number of anilines is 6. The van der Waals surface area contributed by atoms with Gasteiger partial charge in [0.05, 0.1) is 11.4 Å². The van der Waals surface area contributed by atoms with E-state index in [0.717, 1.165) is 129 Å². The first-order valence-electron chi connectivity index (χ1n) is 39.2. The molecule has 0 amide bonds. The van der Waals surface area contributed by atoms with Gasteiger partial charge in [0.2, 0.25) is 0 Å². The molecule has 0 aromatic heterocycles. The van der Waals surface area contributed by atoms with Gasteiger partial charge < -0.3 is 9.80 Å². The second-order valence-corrected chi connectivity index (χ2v) is 29.0. The summed E-state index contributed by atoms with van der Waals surface area (Å²) < 4.78 is 0. The summed E-state index contributed by atoms with van der Waals surface area (Å²) in [5, 5.41) is 2.48. The highest BCUT2D eigenvalue weighted by Gasteiger charge is 2.25. The minimum Gasteiger partial charge on any atom is -0.310 e. The summed E-state index contributed by atoms with van der Waals surface area (Å²) in [6, 6.07) is 173. The van der Waals surface area contributed by atoms with E-state index in [-0.39, 0.29) is 0 Å². The topological polar surface area (TPSA) is 6.48 Å². The van der Waals surface area contributed by atoms with E-state index in [9.17, 15) is 0 Å². The minimum absolute atomic E-state index is 1.04. The molecule has 19 rings (SSSR count). The Morgan fingerprint density at radius 2 is 0.386 bits per heavy atom. The fourth-order valence-electron chi connectivity index (χ4n) is 16.6. The van der Waals surface area contributed by atoms with Crippen molar-refractivity contribution in [2.45, 2.75) is 0 Å². The Labute approximate surface area is 668 Å². The molecule has 0 saturated carbocycles. The van der Waals surface area contributed by atoms with Crippen LogP contribution in [-0.4, -0.2) is 0 Å². The molecule has 19 aromatic rings. The van der Waals surface area contributed by atoms with Gasteiger partial charge in [-0.2, -0.15) is 0 Å². The molecule has 0 unspecified atom stereocenters. The summed E-state index contributed by atoms with van der Waals surface area (Å²) in [6.07, 6.45) is 0. The molecule has 0 bridgehead atoms. The van der Waals surface area contributed by atoms with Crippen LogP contribution in [-0.2, 0) is 0 Å². The number of benzene rings is 19. The first-order valence-corrected chi connectivity index (χ1v) is 39.2. The first-order chi connectivity index (χ1) is 56.5. The van der Waals surface area contributed by atoms with E-state index in [4.69, 9.17) is 0 Å². The van der Waals surface area contributed by atoms with Gasteiger partial charge in [-0.05, 0) is 229 Å². The van der Waals surface area contributed by atoms with Gasteiger partial charge in [-0.3, -0.25) is 0 Å². The van der Waals surface area contributed by atoms with Crippen molar-refractivity contribution >= 4 is 44.9 Å². The van der Waals surface area contributed by atoms with Crippen LogP contribution in [0.2, 0.25) is 0 Å². The highest BCUT2D eigenvalue weighted by atomic mass is 15.2. The van der Waals surface area contributed by atoms with Crippen molar-refractivity contribution in [1.82, 2.24) is 0 Å². The van der Waals surface area contributed by atoms with Crippen molar-refractivity contribution < 1.29 is 0 Å². The normalized spacial score (nSPS) is 11.2. The van der Waals surface area contributed by atoms with E-state index < -0.39 is 0 Å². The molecule has 2 nitrogen and oxygen atoms in total. The summed E-state index contributed by atoms with van der Waals surface area (Å²) in [5.74, 6) is 0. The molecule has 0 saturated heterocycles. The zero-order chi connectivity index (χ0) is 75.9. The van der Waals surface area contributed by atoms with Crippen molar-refractivity contribution in [3.05, 3.63) is 473 Å². The van der Waals surface area contributed by atoms with Crippen LogP contribution in [0.1, 0.15) is 0 Å². The molecular formula is C112H78N2. The Bertz CT molecular complexity index is 6580. The Morgan fingerprint density at radius 3 is 0.833 bits per heavy atom. The van der Waals surface area contributed by atoms with Crippen LogP contribution in [0.5, 0.6) is 0 Å². The third-order valence-corrected chi connectivity index (χ3v) is 22.1. The second kappa shape index (κ2) is 31.6. The van der Waals surface area contributed by atoms with Crippen LogP contribution in [0, 0.1) is 0 Å². The maximum Gasteiger partial charge on any atom is 0.0540 e. The Morgan fingerprint density at radius 1 is 0.123 bits per heavy atom. The minimum atomic E-state index is 1.04. The van der Waals surface area contributed by atoms with E-state index in [1.165, 1.54) is 60.8 Å². The van der Waals surface area contributed by atoms with E-state index in [0.29, 0.717) is 0 Å². The number of fused-ring (bicyclic) bond motifs is 1. The number of rotatable bonds is 19. The molecule has 0 radical (unpaired) electrons. The van der Waals surface area contributed by atoms with Crippen LogP contribution >= 0.6 is 0 Å². The van der Waals surface area contributed by atoms with Gasteiger partial charge in [0.1, 0.15) is 0 Å². The predicted octanol–water partition coefficient (Wildman–Crippen LogP) is 31.5. The zero-order valence-corrected chi connectivity index (χ0v) is 62.9. The van der Waals surface area contributed by atoms with Gasteiger partial charge in [0.15, 0.2) is 0 Å². The maximum absolute atomic E-state index is 2.48. The zero-order valence-electron chi connectivity index (χ0n) is 62.9. The van der Waals surface area contributed by atoms with Gasteiger partial charge in [0.25, 0.3) is 0 Å². The molecule has 0 aliphatic heterocycles. The molecule has 2 heteroatoms. The van der Waals surface area contributed by atoms with Crippen molar-refractivity contribution in [2.24, 2.45) is 0 Å². The fraction of sp³-hybridized carbons (Fsp3) is 0. The average Bonchev–Trinajstić information content (AvgIpc) is 0.758. The van der Waals surface area contributed by atoms with Gasteiger partial charge in [-0.15, -0.1) is 0 Å². The van der Waals surface area contributed by atoms with E-state index in [1.807, 2.05) is 0 Å². The number of nitrogens with zero attached hydrogens (tertiary/aromatic N) is 2. The fourth-order valence-corrected chi connectivity index (χ4v) is 16.6. The highest BCUT2D eigenvalue weighted by Crippen LogP contribution is 2.50. The van der Waals surface area contributed by atoms with Crippen molar-refractivity contribution in [3.8, 4) is 145 Å². The van der Waals surface area contributed by atoms with Gasteiger partial charge in [0, 0.05) is 33.9 Å². The third kappa shape index (κ3) is 14.1. The summed E-state index contributed by atoms with van der Waals surface area (Å²) in [6.45, 7) is 0. The maximum atomic E-state index is 2.48. The summed E-state index contributed by atoms with van der Waals surface area (Å²) in [4.78, 5) is 4.86. The lowest BCUT2D eigenvalue weighted by Crippen LogP contribution is -2.13. The molecule has 19 aromatic carbocycles. The largest absolute Gasteiger partial charge is 0.310 e. The lowest BCUT2D eigenvalue weighted by molar-refractivity contribution is 1.28. The van der Waals surface area contributed by atoms with Gasteiger partial charge in [-0.25, -0.2) is 0 Å². The lowest BCUT2D eigenvalue weighted by Gasteiger charge is -2.31. The van der Waals surface area contributed by atoms with Crippen LogP contribution in [0.15, 0.2) is 473 Å². The SMILES string of the molecule is c1ccc(-c2cccc(N(c3ccc(-c4cccc(-c5cccc(-c6cccc(-c7ccc(N(c8ccc(-c9cccc(-c%10ccccc%10)c9-c9ccccc9)cc8)c8ccc(-c9ccccc9)cc8-c8ccccc8)c(-c8ccccc8)c7)c6)c5)c4-c4ccccc4)cc3)c3ccc(-c4cccc5ccccc45)cc3)c2)cc1. The number of hydrogen-bond donors (Lipinski definition) is 0. The number of hydrogen-bond acceptors (Lipinski definition) is 2. The smallest absolute Gasteiger partial charge is 0.0540 e. The van der Waals surface area contributed by atoms with E-state index in [2.05, 4.69) is 483 Å². The molecule has 536 valence electrons. The summed E-state index contributed by atoms with van der Waals surface area (Å²) >= 11 is 0. The molecule has 0 atom stereocenters. The molecular weight excluding hydrogens is 1370 g/mol. The third-order valence-electron chi connectivity index (χ3n) is 22.1. The van der Waals surface area contributed by atoms with E-state index in [1.54, 1.807) is 0 Å². The Kier molecular flexibility index (Phi) is 19.2. The predicted molar refractivity (Wildman–Crippen MR) is 484 cm³/mol. The Hall–Kier alpha value is -15.0. The molecule has 0 heterocycles. The van der Waals surface area contributed by atoms with Crippen LogP contribution in [0.25, 0.3) is 155 Å². The monoisotopic (exact) mass is 1450 g/mol. The van der Waals surface area contributed by atoms with E-state index >= 15 is 0 Å².